The molecule has 24 heavy (non-hydrogen) atoms. The molecule has 0 aromatic carbocycles. The predicted molar refractivity (Wildman–Crippen MR) is 90.8 cm³/mol. The van der Waals surface area contributed by atoms with Crippen LogP contribution in [0.5, 0.6) is 5.75 Å². The van der Waals surface area contributed by atoms with Gasteiger partial charge in [-0.25, -0.2) is 9.78 Å². The van der Waals surface area contributed by atoms with Crippen molar-refractivity contribution in [2.24, 2.45) is 0 Å². The highest BCUT2D eigenvalue weighted by Gasteiger charge is 2.31. The molecule has 0 saturated heterocycles. The Labute approximate surface area is 141 Å². The first-order valence-corrected chi connectivity index (χ1v) is 7.65. The van der Waals surface area contributed by atoms with Crippen LogP contribution in [0.15, 0.2) is 12.3 Å². The van der Waals surface area contributed by atoms with E-state index in [1.807, 2.05) is 0 Å². The number of anilines is 2. The minimum absolute atomic E-state index is 0.183. The molecule has 2 N–H and O–H groups in total. The van der Waals surface area contributed by atoms with Crippen molar-refractivity contribution in [1.82, 2.24) is 4.98 Å². The van der Waals surface area contributed by atoms with E-state index >= 15 is 0 Å². The van der Waals surface area contributed by atoms with Gasteiger partial charge in [-0.05, 0) is 27.7 Å². The Balaban J connectivity index is 3.21. The van der Waals surface area contributed by atoms with E-state index in [1.54, 1.807) is 27.7 Å². The number of hydrogen-bond acceptors (Lipinski definition) is 5. The van der Waals surface area contributed by atoms with E-state index in [0.29, 0.717) is 24.7 Å². The van der Waals surface area contributed by atoms with Gasteiger partial charge in [-0.15, -0.1) is 0 Å². The van der Waals surface area contributed by atoms with Gasteiger partial charge >= 0.3 is 6.09 Å². The van der Waals surface area contributed by atoms with Gasteiger partial charge in [0.2, 0.25) is 5.91 Å². The molecular formula is C16H25N3O5. The minimum Gasteiger partial charge on any atom is -0.490 e. The Morgan fingerprint density at radius 2 is 2.04 bits per heavy atom. The zero-order valence-corrected chi connectivity index (χ0v) is 14.8. The molecule has 8 nitrogen and oxygen atoms in total. The summed E-state index contributed by atoms with van der Waals surface area (Å²) in [6.45, 7) is 7.77. The number of aromatic nitrogens is 1. The van der Waals surface area contributed by atoms with Gasteiger partial charge in [0, 0.05) is 18.7 Å². The van der Waals surface area contributed by atoms with Gasteiger partial charge in [-0.2, -0.15) is 0 Å². The first-order chi connectivity index (χ1) is 11.2. The summed E-state index contributed by atoms with van der Waals surface area (Å²) >= 11 is 0. The van der Waals surface area contributed by atoms with Crippen molar-refractivity contribution in [3.05, 3.63) is 12.3 Å². The number of nitrogens with zero attached hydrogens (tertiary/aromatic N) is 2. The number of nitrogens with one attached hydrogen (secondary N) is 1. The Kier molecular flexibility index (Phi) is 6.97. The quantitative estimate of drug-likeness (QED) is 0.792. The van der Waals surface area contributed by atoms with Crippen LogP contribution in [0, 0.1) is 0 Å². The van der Waals surface area contributed by atoms with Gasteiger partial charge in [0.05, 0.1) is 31.5 Å². The van der Waals surface area contributed by atoms with Crippen molar-refractivity contribution >= 4 is 23.5 Å². The summed E-state index contributed by atoms with van der Waals surface area (Å²) in [7, 11) is 1.51. The maximum Gasteiger partial charge on any atom is 0.412 e. The second kappa shape index (κ2) is 8.49. The summed E-state index contributed by atoms with van der Waals surface area (Å²) in [4.78, 5) is 28.8. The lowest BCUT2D eigenvalue weighted by Crippen LogP contribution is -2.45. The Hall–Kier alpha value is -2.35. The van der Waals surface area contributed by atoms with Crippen molar-refractivity contribution in [3.63, 3.8) is 0 Å². The first kappa shape index (κ1) is 19.7. The molecule has 8 heteroatoms. The molecule has 1 heterocycles. The van der Waals surface area contributed by atoms with Gasteiger partial charge in [-0.3, -0.25) is 9.69 Å². The van der Waals surface area contributed by atoms with E-state index in [-0.39, 0.29) is 18.1 Å². The average molecular weight is 339 g/mol. The minimum atomic E-state index is -1.12. The normalized spacial score (nSPS) is 11.0. The van der Waals surface area contributed by atoms with E-state index in [1.165, 1.54) is 24.3 Å². The monoisotopic (exact) mass is 339 g/mol. The molecule has 0 atom stereocenters. The molecule has 1 rings (SSSR count). The number of rotatable bonds is 7. The van der Waals surface area contributed by atoms with Crippen molar-refractivity contribution in [2.45, 2.75) is 39.7 Å². The fourth-order valence-electron chi connectivity index (χ4n) is 2.09. The molecule has 1 aromatic rings. The van der Waals surface area contributed by atoms with E-state index in [9.17, 15) is 14.7 Å². The van der Waals surface area contributed by atoms with Crippen molar-refractivity contribution in [2.75, 3.05) is 30.5 Å². The Morgan fingerprint density at radius 1 is 1.38 bits per heavy atom. The van der Waals surface area contributed by atoms with E-state index in [0.717, 1.165) is 0 Å². The second-order valence-electron chi connectivity index (χ2n) is 6.05. The largest absolute Gasteiger partial charge is 0.490 e. The second-order valence-corrected chi connectivity index (χ2v) is 6.05. The number of carboxylic acid groups (broad SMARTS) is 1. The molecule has 134 valence electrons. The van der Waals surface area contributed by atoms with E-state index in [2.05, 4.69) is 10.3 Å². The zero-order chi connectivity index (χ0) is 18.3. The van der Waals surface area contributed by atoms with Crippen LogP contribution < -0.4 is 15.0 Å². The molecule has 0 radical (unpaired) electrons. The molecular weight excluding hydrogens is 314 g/mol. The standard InChI is InChI=1S/C16H25N3O5/c1-6-24-12-10-17-13(18-14(20)7-8-23-5)9-11(12)19(15(21)22)16(2,3)4/h9-10H,6-8H2,1-5H3,(H,21,22)(H,17,18,20). The topological polar surface area (TPSA) is 101 Å². The third kappa shape index (κ3) is 5.38. The summed E-state index contributed by atoms with van der Waals surface area (Å²) in [5.74, 6) is 0.326. The van der Waals surface area contributed by atoms with Crippen LogP contribution in [0.3, 0.4) is 0 Å². The Bertz CT molecular complexity index is 584. The predicted octanol–water partition coefficient (Wildman–Crippen LogP) is 2.74. The number of ether oxygens (including phenoxy) is 2. The molecule has 0 bridgehead atoms. The first-order valence-electron chi connectivity index (χ1n) is 7.65. The van der Waals surface area contributed by atoms with Crippen LogP contribution in [-0.4, -0.2) is 48.0 Å². The molecule has 0 aliphatic heterocycles. The van der Waals surface area contributed by atoms with E-state index < -0.39 is 11.6 Å². The number of amides is 2. The number of methoxy groups -OCH3 is 1. The fourth-order valence-corrected chi connectivity index (χ4v) is 2.09. The third-order valence-corrected chi connectivity index (χ3v) is 3.05. The maximum absolute atomic E-state index is 11.8. The van der Waals surface area contributed by atoms with Crippen molar-refractivity contribution in [1.29, 1.82) is 0 Å². The lowest BCUT2D eigenvalue weighted by molar-refractivity contribution is -0.117. The number of carbonyl (C=O) groups is 2. The lowest BCUT2D eigenvalue weighted by atomic mass is 10.1. The number of pyridine rings is 1. The summed E-state index contributed by atoms with van der Waals surface area (Å²) < 4.78 is 10.3. The van der Waals surface area contributed by atoms with Gasteiger partial charge in [0.15, 0.2) is 5.75 Å². The smallest absolute Gasteiger partial charge is 0.412 e. The molecule has 0 saturated carbocycles. The highest BCUT2D eigenvalue weighted by atomic mass is 16.5. The molecule has 0 spiro atoms. The molecule has 2 amide bonds. The summed E-state index contributed by atoms with van der Waals surface area (Å²) in [5.41, 5.74) is -0.370. The zero-order valence-electron chi connectivity index (χ0n) is 14.8. The lowest BCUT2D eigenvalue weighted by Gasteiger charge is -2.34. The SMILES string of the molecule is CCOc1cnc(NC(=O)CCOC)cc1N(C(=O)O)C(C)(C)C. The van der Waals surface area contributed by atoms with Gasteiger partial charge in [-0.1, -0.05) is 0 Å². The summed E-state index contributed by atoms with van der Waals surface area (Å²) in [6.07, 6.45) is 0.473. The molecule has 0 aliphatic rings. The molecule has 1 aromatic heterocycles. The van der Waals surface area contributed by atoms with Crippen LogP contribution >= 0.6 is 0 Å². The maximum atomic E-state index is 11.8. The van der Waals surface area contributed by atoms with Crippen LogP contribution in [0.25, 0.3) is 0 Å². The Morgan fingerprint density at radius 3 is 2.54 bits per heavy atom. The number of carbonyl (C=O) groups excluding carboxylic acids is 1. The molecule has 0 unspecified atom stereocenters. The molecule has 0 aliphatic carbocycles. The van der Waals surface area contributed by atoms with Crippen molar-refractivity contribution < 1.29 is 24.2 Å². The highest BCUT2D eigenvalue weighted by Crippen LogP contribution is 2.34. The van der Waals surface area contributed by atoms with Crippen LogP contribution in [-0.2, 0) is 9.53 Å². The van der Waals surface area contributed by atoms with Crippen molar-refractivity contribution in [3.8, 4) is 5.75 Å². The summed E-state index contributed by atoms with van der Waals surface area (Å²) in [6, 6.07) is 1.50. The molecule has 0 fully saturated rings. The van der Waals surface area contributed by atoms with Gasteiger partial charge in [0.1, 0.15) is 5.82 Å². The fraction of sp³-hybridized carbons (Fsp3) is 0.562. The highest BCUT2D eigenvalue weighted by molar-refractivity contribution is 5.93. The van der Waals surface area contributed by atoms with Crippen LogP contribution in [0.2, 0.25) is 0 Å². The van der Waals surface area contributed by atoms with E-state index in [4.69, 9.17) is 9.47 Å². The number of hydrogen-bond donors (Lipinski definition) is 2. The van der Waals surface area contributed by atoms with Crippen LogP contribution in [0.4, 0.5) is 16.3 Å². The average Bonchev–Trinajstić information content (AvgIpc) is 2.46. The van der Waals surface area contributed by atoms with Gasteiger partial charge in [0.25, 0.3) is 0 Å². The van der Waals surface area contributed by atoms with Crippen LogP contribution in [0.1, 0.15) is 34.1 Å². The third-order valence-electron chi connectivity index (χ3n) is 3.05. The summed E-state index contributed by atoms with van der Waals surface area (Å²) in [5, 5.41) is 12.2. The van der Waals surface area contributed by atoms with Gasteiger partial charge < -0.3 is 19.9 Å².